The normalized spacial score (nSPS) is 23.9. The first-order valence-corrected chi connectivity index (χ1v) is 7.92. The number of rotatable bonds is 2. The third kappa shape index (κ3) is 2.75. The zero-order valence-electron chi connectivity index (χ0n) is 14.6. The van der Waals surface area contributed by atoms with Crippen molar-refractivity contribution in [1.82, 2.24) is 9.78 Å². The largest absolute Gasteiger partial charge is 0.484 e. The Hall–Kier alpha value is -2.85. The molecule has 0 aliphatic carbocycles. The van der Waals surface area contributed by atoms with Crippen LogP contribution in [0.1, 0.15) is 37.9 Å². The lowest BCUT2D eigenvalue weighted by atomic mass is 9.75. The maximum Gasteiger partial charge on any atom is 0.266 e. The molecule has 2 heterocycles. The van der Waals surface area contributed by atoms with Crippen molar-refractivity contribution in [2.45, 2.75) is 38.0 Å². The van der Waals surface area contributed by atoms with Gasteiger partial charge in [0.05, 0.1) is 17.7 Å². The Bertz CT molecular complexity index is 925. The predicted octanol–water partition coefficient (Wildman–Crippen LogP) is 1.73. The molecule has 3 rings (SSSR count). The van der Waals surface area contributed by atoms with E-state index in [4.69, 9.17) is 4.74 Å². The van der Waals surface area contributed by atoms with Crippen LogP contribution in [0, 0.1) is 11.3 Å². The minimum absolute atomic E-state index is 0.225. The van der Waals surface area contributed by atoms with Crippen molar-refractivity contribution in [1.29, 1.82) is 5.26 Å². The van der Waals surface area contributed by atoms with Crippen molar-refractivity contribution in [2.24, 2.45) is 7.05 Å². The van der Waals surface area contributed by atoms with Gasteiger partial charge in [0.15, 0.2) is 0 Å². The quantitative estimate of drug-likeness (QED) is 0.863. The molecule has 2 atom stereocenters. The van der Waals surface area contributed by atoms with Crippen LogP contribution in [0.25, 0.3) is 0 Å². The van der Waals surface area contributed by atoms with Gasteiger partial charge in [-0.3, -0.25) is 4.79 Å². The molecule has 1 aromatic heterocycles. The number of nitrogens with one attached hydrogen (secondary N) is 1. The van der Waals surface area contributed by atoms with Crippen LogP contribution >= 0.6 is 0 Å². The van der Waals surface area contributed by atoms with Crippen molar-refractivity contribution >= 4 is 5.82 Å². The summed E-state index contributed by atoms with van der Waals surface area (Å²) in [6, 6.07) is 9.59. The fraction of sp³-hybridized carbons (Fsp3) is 0.389. The second-order valence-electron chi connectivity index (χ2n) is 6.88. The summed E-state index contributed by atoms with van der Waals surface area (Å²) in [6.07, 6.45) is 0. The molecule has 0 bridgehead atoms. The number of nitriles is 1. The van der Waals surface area contributed by atoms with Gasteiger partial charge < -0.3 is 15.2 Å². The smallest absolute Gasteiger partial charge is 0.266 e. The summed E-state index contributed by atoms with van der Waals surface area (Å²) in [7, 11) is 1.56. The van der Waals surface area contributed by atoms with E-state index in [1.54, 1.807) is 52.1 Å². The molecule has 0 spiro atoms. The lowest BCUT2D eigenvalue weighted by Gasteiger charge is -2.49. The van der Waals surface area contributed by atoms with Crippen molar-refractivity contribution < 1.29 is 9.84 Å². The first kappa shape index (κ1) is 17.0. The number of aliphatic hydroxyl groups is 1. The highest BCUT2D eigenvalue weighted by molar-refractivity contribution is 5.51. The van der Waals surface area contributed by atoms with Crippen molar-refractivity contribution in [3.63, 3.8) is 0 Å². The molecular weight excluding hydrogens is 320 g/mol. The highest BCUT2D eigenvalue weighted by Gasteiger charge is 2.52. The van der Waals surface area contributed by atoms with Gasteiger partial charge in [-0.1, -0.05) is 0 Å². The van der Waals surface area contributed by atoms with E-state index in [-0.39, 0.29) is 5.56 Å². The van der Waals surface area contributed by atoms with Crippen LogP contribution in [0.4, 0.5) is 5.82 Å². The molecule has 2 aromatic rings. The molecule has 0 unspecified atom stereocenters. The maximum atomic E-state index is 11.5. The van der Waals surface area contributed by atoms with Gasteiger partial charge in [-0.2, -0.15) is 10.4 Å². The van der Waals surface area contributed by atoms with Gasteiger partial charge >= 0.3 is 0 Å². The zero-order chi connectivity index (χ0) is 18.4. The van der Waals surface area contributed by atoms with Crippen molar-refractivity contribution in [3.8, 4) is 11.8 Å². The van der Waals surface area contributed by atoms with Gasteiger partial charge in [0.2, 0.25) is 0 Å². The lowest BCUT2D eigenvalue weighted by molar-refractivity contribution is -0.128. The highest BCUT2D eigenvalue weighted by atomic mass is 16.5. The molecule has 0 saturated heterocycles. The Morgan fingerprint density at radius 1 is 1.32 bits per heavy atom. The molecule has 2 N–H and O–H groups in total. The first-order valence-electron chi connectivity index (χ1n) is 7.92. The number of fused-ring (bicyclic) bond motifs is 1. The van der Waals surface area contributed by atoms with Crippen LogP contribution in [0.2, 0.25) is 0 Å². The van der Waals surface area contributed by atoms with Crippen LogP contribution in [0.5, 0.6) is 5.75 Å². The van der Waals surface area contributed by atoms with Crippen LogP contribution in [-0.4, -0.2) is 26.1 Å². The maximum absolute atomic E-state index is 11.5. The van der Waals surface area contributed by atoms with E-state index in [2.05, 4.69) is 16.5 Å². The second-order valence-corrected chi connectivity index (χ2v) is 6.88. The van der Waals surface area contributed by atoms with Crippen LogP contribution < -0.4 is 15.6 Å². The number of hydrogen-bond acceptors (Lipinski definition) is 6. The fourth-order valence-electron chi connectivity index (χ4n) is 2.91. The molecule has 7 heteroatoms. The number of anilines is 1. The van der Waals surface area contributed by atoms with Gasteiger partial charge in [0, 0.05) is 18.7 Å². The summed E-state index contributed by atoms with van der Waals surface area (Å²) in [5, 5.41) is 27.7. The summed E-state index contributed by atoms with van der Waals surface area (Å²) in [5.74, 6) is 1.04. The molecule has 0 saturated carbocycles. The molecule has 25 heavy (non-hydrogen) atoms. The van der Waals surface area contributed by atoms with E-state index >= 15 is 0 Å². The number of ether oxygens (including phenoxy) is 1. The van der Waals surface area contributed by atoms with Gasteiger partial charge in [-0.15, -0.1) is 0 Å². The Morgan fingerprint density at radius 2 is 2.04 bits per heavy atom. The summed E-state index contributed by atoms with van der Waals surface area (Å²) in [5.41, 5.74) is -1.27. The summed E-state index contributed by atoms with van der Waals surface area (Å²) < 4.78 is 7.19. The van der Waals surface area contributed by atoms with Crippen LogP contribution in [0.3, 0.4) is 0 Å². The van der Waals surface area contributed by atoms with E-state index in [1.807, 2.05) is 0 Å². The van der Waals surface area contributed by atoms with E-state index < -0.39 is 17.2 Å². The molecule has 0 fully saturated rings. The zero-order valence-corrected chi connectivity index (χ0v) is 14.6. The molecule has 130 valence electrons. The van der Waals surface area contributed by atoms with E-state index in [0.717, 1.165) is 0 Å². The van der Waals surface area contributed by atoms with Gasteiger partial charge in [0.25, 0.3) is 5.56 Å². The minimum Gasteiger partial charge on any atom is -0.484 e. The Kier molecular flexibility index (Phi) is 3.81. The second kappa shape index (κ2) is 5.60. The van der Waals surface area contributed by atoms with E-state index in [1.165, 1.54) is 10.7 Å². The molecular formula is C18H20N4O3. The third-order valence-corrected chi connectivity index (χ3v) is 4.85. The van der Waals surface area contributed by atoms with Gasteiger partial charge in [-0.25, -0.2) is 4.68 Å². The Morgan fingerprint density at radius 3 is 2.68 bits per heavy atom. The molecule has 1 aliphatic heterocycles. The van der Waals surface area contributed by atoms with Gasteiger partial charge in [-0.05, 0) is 45.0 Å². The molecule has 7 nitrogen and oxygen atoms in total. The van der Waals surface area contributed by atoms with Crippen molar-refractivity contribution in [3.05, 3.63) is 51.8 Å². The predicted molar refractivity (Wildman–Crippen MR) is 92.3 cm³/mol. The summed E-state index contributed by atoms with van der Waals surface area (Å²) >= 11 is 0. The van der Waals surface area contributed by atoms with Crippen molar-refractivity contribution in [2.75, 3.05) is 5.32 Å². The third-order valence-electron chi connectivity index (χ3n) is 4.85. The highest BCUT2D eigenvalue weighted by Crippen LogP contribution is 2.47. The van der Waals surface area contributed by atoms with Crippen LogP contribution in [-0.2, 0) is 7.05 Å². The average Bonchev–Trinajstić information content (AvgIpc) is 2.55. The number of hydrogen-bond donors (Lipinski definition) is 2. The Labute approximate surface area is 145 Å². The standard InChI is InChI=1S/C18H20N4O3/c1-17(2)18(3,24)16(20-14-7-8-15(23)22(4)21-14)12-9-11(10-19)5-6-13(12)25-17/h5-9,16,24H,1-4H3,(H,20,21)/t16-,18+/m0/s1. The number of benzene rings is 1. The average molecular weight is 340 g/mol. The monoisotopic (exact) mass is 340 g/mol. The van der Waals surface area contributed by atoms with Gasteiger partial charge in [0.1, 0.15) is 22.8 Å². The van der Waals surface area contributed by atoms with E-state index in [9.17, 15) is 15.2 Å². The minimum atomic E-state index is -1.30. The molecule has 1 aliphatic rings. The van der Waals surface area contributed by atoms with E-state index in [0.29, 0.717) is 22.7 Å². The van der Waals surface area contributed by atoms with Crippen LogP contribution in [0.15, 0.2) is 35.1 Å². The topological polar surface area (TPSA) is 100 Å². The molecule has 0 amide bonds. The summed E-state index contributed by atoms with van der Waals surface area (Å²) in [4.78, 5) is 11.5. The number of aromatic nitrogens is 2. The SMILES string of the molecule is Cn1nc(N[C@H]2c3cc(C#N)ccc3OC(C)(C)[C@]2(C)O)ccc1=O. The molecule has 0 radical (unpaired) electrons. The molecule has 1 aromatic carbocycles. The lowest BCUT2D eigenvalue weighted by Crippen LogP contribution is -2.60. The number of aryl methyl sites for hydroxylation is 1. The Balaban J connectivity index is 2.13. The number of nitrogens with zero attached hydrogens (tertiary/aromatic N) is 3. The fourth-order valence-corrected chi connectivity index (χ4v) is 2.91. The summed E-state index contributed by atoms with van der Waals surface area (Å²) in [6.45, 7) is 5.28. The first-order chi connectivity index (χ1) is 11.7.